The molecule has 6 nitrogen and oxygen atoms in total. The molecule has 1 heterocycles. The molecule has 0 aromatic carbocycles. The van der Waals surface area contributed by atoms with Gasteiger partial charge in [-0.3, -0.25) is 9.59 Å². The van der Waals surface area contributed by atoms with Gasteiger partial charge in [0.1, 0.15) is 0 Å². The second-order valence-corrected chi connectivity index (χ2v) is 3.53. The van der Waals surface area contributed by atoms with Crippen molar-refractivity contribution in [1.82, 2.24) is 0 Å². The summed E-state index contributed by atoms with van der Waals surface area (Å²) in [4.78, 5) is 21.7. The number of hydrogen-bond acceptors (Lipinski definition) is 4. The van der Waals surface area contributed by atoms with Crippen LogP contribution in [0.1, 0.15) is 19.8 Å². The third-order valence-corrected chi connectivity index (χ3v) is 2.37. The van der Waals surface area contributed by atoms with E-state index in [4.69, 9.17) is 19.7 Å². The minimum absolute atomic E-state index is 0. The zero-order valence-electron chi connectivity index (χ0n) is 9.43. The molecule has 0 atom stereocenters. The molecule has 7 heteroatoms. The minimum Gasteiger partial charge on any atom is -0.480 e. The Morgan fingerprint density at radius 3 is 2.00 bits per heavy atom. The van der Waals surface area contributed by atoms with Crippen LogP contribution in [0.5, 0.6) is 0 Å². The van der Waals surface area contributed by atoms with Gasteiger partial charge in [-0.05, 0) is 6.42 Å². The van der Waals surface area contributed by atoms with Crippen LogP contribution in [-0.4, -0.2) is 93.0 Å². The molecule has 87 valence electrons. The van der Waals surface area contributed by atoms with Crippen LogP contribution in [0.3, 0.4) is 0 Å². The number of carboxylic acids is 2. The molecule has 0 aromatic rings. The summed E-state index contributed by atoms with van der Waals surface area (Å²) in [5.74, 6) is -2.85. The van der Waals surface area contributed by atoms with Crippen molar-refractivity contribution in [2.75, 3.05) is 13.2 Å². The van der Waals surface area contributed by atoms with Crippen LogP contribution >= 0.6 is 0 Å². The molecule has 16 heavy (non-hydrogen) atoms. The fraction of sp³-hybridized carbons (Fsp3) is 0.778. The first kappa shape index (κ1) is 16.5. The molecule has 0 bridgehead atoms. The summed E-state index contributed by atoms with van der Waals surface area (Å²) >= 11 is 0. The summed E-state index contributed by atoms with van der Waals surface area (Å²) in [6.07, 6.45) is 0.981. The molecule has 0 aromatic heterocycles. The van der Waals surface area contributed by atoms with E-state index in [2.05, 4.69) is 0 Å². The minimum atomic E-state index is -1.95. The van der Waals surface area contributed by atoms with Crippen molar-refractivity contribution in [3.8, 4) is 0 Å². The molecule has 1 fully saturated rings. The summed E-state index contributed by atoms with van der Waals surface area (Å²) in [5, 5.41) is 17.7. The molecule has 0 amide bonds. The van der Waals surface area contributed by atoms with E-state index in [0.29, 0.717) is 6.42 Å². The van der Waals surface area contributed by atoms with Gasteiger partial charge in [0, 0.05) is 51.4 Å². The Hall–Kier alpha value is 0.496. The molecule has 0 unspecified atom stereocenters. The molecular weight excluding hydrogens is 243 g/mol. The fourth-order valence-electron chi connectivity index (χ4n) is 1.30. The summed E-state index contributed by atoms with van der Waals surface area (Å²) in [6.45, 7) is 1.24. The molecule has 0 aliphatic carbocycles. The third kappa shape index (κ3) is 3.49. The molecule has 2 N–H and O–H groups in total. The van der Waals surface area contributed by atoms with Crippen molar-refractivity contribution in [3.63, 3.8) is 0 Å². The maximum Gasteiger partial charge on any atom is 0.325 e. The largest absolute Gasteiger partial charge is 0.480 e. The van der Waals surface area contributed by atoms with Crippen LogP contribution in [0, 0.1) is 5.41 Å². The maximum atomic E-state index is 10.8. The van der Waals surface area contributed by atoms with Gasteiger partial charge in [0.05, 0.1) is 13.2 Å². The van der Waals surface area contributed by atoms with Gasteiger partial charge in [-0.2, -0.15) is 0 Å². The zero-order valence-corrected chi connectivity index (χ0v) is 12.6. The Bertz CT molecular complexity index is 243. The molecule has 0 saturated carbocycles. The SMILES string of the molecule is CCCC1OCC(C(=O)O)(C(=O)O)CO1.[K]. The Balaban J connectivity index is 0.00000225. The van der Waals surface area contributed by atoms with Crippen LogP contribution in [-0.2, 0) is 19.1 Å². The quantitative estimate of drug-likeness (QED) is 0.541. The normalized spacial score (nSPS) is 19.8. The topological polar surface area (TPSA) is 93.1 Å². The predicted octanol–water partition coefficient (Wildman–Crippen LogP) is -0.0658. The van der Waals surface area contributed by atoms with Gasteiger partial charge in [0.15, 0.2) is 6.29 Å². The number of rotatable bonds is 4. The number of carbonyl (C=O) groups is 2. The molecule has 1 aliphatic rings. The molecule has 1 aliphatic heterocycles. The summed E-state index contributed by atoms with van der Waals surface area (Å²) in [5.41, 5.74) is -1.95. The Labute approximate surface area is 136 Å². The van der Waals surface area contributed by atoms with E-state index < -0.39 is 23.6 Å². The Morgan fingerprint density at radius 1 is 1.25 bits per heavy atom. The second kappa shape index (κ2) is 7.05. The average molecular weight is 257 g/mol. The zero-order chi connectivity index (χ0) is 11.5. The standard InChI is InChI=1S/C9H14O6.K/c1-2-3-6-14-4-9(5-15-6,7(10)11)8(12)13;/h6H,2-5H2,1H3,(H,10,11)(H,12,13);. The van der Waals surface area contributed by atoms with E-state index in [1.165, 1.54) is 0 Å². The Kier molecular flexibility index (Phi) is 7.27. The van der Waals surface area contributed by atoms with Crippen LogP contribution in [0.25, 0.3) is 0 Å². The molecule has 1 radical (unpaired) electrons. The molecule has 1 rings (SSSR count). The van der Waals surface area contributed by atoms with E-state index in [9.17, 15) is 9.59 Å². The van der Waals surface area contributed by atoms with Gasteiger partial charge in [-0.25, -0.2) is 0 Å². The maximum absolute atomic E-state index is 10.8. The first-order valence-corrected chi connectivity index (χ1v) is 4.73. The van der Waals surface area contributed by atoms with Crippen molar-refractivity contribution in [2.24, 2.45) is 5.41 Å². The Morgan fingerprint density at radius 2 is 1.69 bits per heavy atom. The van der Waals surface area contributed by atoms with Crippen LogP contribution in [0.2, 0.25) is 0 Å². The smallest absolute Gasteiger partial charge is 0.325 e. The second-order valence-electron chi connectivity index (χ2n) is 3.53. The fourth-order valence-corrected chi connectivity index (χ4v) is 1.30. The van der Waals surface area contributed by atoms with Crippen LogP contribution in [0.4, 0.5) is 0 Å². The van der Waals surface area contributed by atoms with Crippen LogP contribution < -0.4 is 0 Å². The predicted molar refractivity (Wildman–Crippen MR) is 54.1 cm³/mol. The summed E-state index contributed by atoms with van der Waals surface area (Å²) in [7, 11) is 0. The van der Waals surface area contributed by atoms with Gasteiger partial charge >= 0.3 is 11.9 Å². The van der Waals surface area contributed by atoms with Gasteiger partial charge in [0.2, 0.25) is 5.41 Å². The van der Waals surface area contributed by atoms with Gasteiger partial charge < -0.3 is 19.7 Å². The van der Waals surface area contributed by atoms with E-state index >= 15 is 0 Å². The van der Waals surface area contributed by atoms with Gasteiger partial charge in [-0.15, -0.1) is 0 Å². The number of hydrogen-bond donors (Lipinski definition) is 2. The van der Waals surface area contributed by atoms with E-state index in [0.717, 1.165) is 6.42 Å². The third-order valence-electron chi connectivity index (χ3n) is 2.37. The van der Waals surface area contributed by atoms with E-state index in [-0.39, 0.29) is 64.6 Å². The molecular formula is C9H14KO6. The monoisotopic (exact) mass is 257 g/mol. The molecule has 1 saturated heterocycles. The first-order valence-electron chi connectivity index (χ1n) is 4.73. The van der Waals surface area contributed by atoms with Gasteiger partial charge in [-0.1, -0.05) is 13.3 Å². The molecule has 0 spiro atoms. The number of ether oxygens (including phenoxy) is 2. The van der Waals surface area contributed by atoms with Crippen LogP contribution in [0.15, 0.2) is 0 Å². The van der Waals surface area contributed by atoms with Crippen molar-refractivity contribution < 1.29 is 29.3 Å². The summed E-state index contributed by atoms with van der Waals surface area (Å²) in [6, 6.07) is 0. The number of carboxylic acid groups (broad SMARTS) is 2. The van der Waals surface area contributed by atoms with Crippen molar-refractivity contribution >= 4 is 63.3 Å². The summed E-state index contributed by atoms with van der Waals surface area (Å²) < 4.78 is 10.1. The van der Waals surface area contributed by atoms with Gasteiger partial charge in [0.25, 0.3) is 0 Å². The van der Waals surface area contributed by atoms with Crippen molar-refractivity contribution in [2.45, 2.75) is 26.1 Å². The van der Waals surface area contributed by atoms with E-state index in [1.807, 2.05) is 6.92 Å². The average Bonchev–Trinajstić information content (AvgIpc) is 2.18. The van der Waals surface area contributed by atoms with Crippen molar-refractivity contribution in [1.29, 1.82) is 0 Å². The van der Waals surface area contributed by atoms with Crippen molar-refractivity contribution in [3.05, 3.63) is 0 Å². The van der Waals surface area contributed by atoms with E-state index in [1.54, 1.807) is 0 Å². The first-order chi connectivity index (χ1) is 7.03. The number of aliphatic carboxylic acids is 2.